The van der Waals surface area contributed by atoms with E-state index in [0.717, 1.165) is 4.57 Å². The molecule has 0 atom stereocenters. The number of carbonyl (C=O) groups excluding carboxylic acids is 1. The second-order valence-electron chi connectivity index (χ2n) is 3.27. The van der Waals surface area contributed by atoms with Crippen LogP contribution in [0.3, 0.4) is 0 Å². The van der Waals surface area contributed by atoms with Gasteiger partial charge in [0.15, 0.2) is 0 Å². The number of fused-ring (bicyclic) bond motifs is 1. The Morgan fingerprint density at radius 1 is 1.44 bits per heavy atom. The van der Waals surface area contributed by atoms with Gasteiger partial charge in [0.05, 0.1) is 5.52 Å². The molecule has 0 unspecified atom stereocenters. The molecule has 0 saturated carbocycles. The first-order chi connectivity index (χ1) is 7.70. The Morgan fingerprint density at radius 2 is 2.12 bits per heavy atom. The van der Waals surface area contributed by atoms with E-state index in [1.54, 1.807) is 24.3 Å². The fraction of sp³-hybridized carbons (Fsp3) is 0.100. The van der Waals surface area contributed by atoms with E-state index in [1.807, 2.05) is 5.48 Å². The third kappa shape index (κ3) is 1.28. The summed E-state index contributed by atoms with van der Waals surface area (Å²) in [5.74, 6) is -0.469. The molecule has 0 aliphatic heterocycles. The molecule has 1 aromatic carbocycles. The summed E-state index contributed by atoms with van der Waals surface area (Å²) >= 11 is 0. The Labute approximate surface area is 90.4 Å². The standard InChI is InChI=1S/C10H9N3O3/c1-6(14)13-8-5-3-2-4-7(8)9(11-15)10(13)12-16/h2-5,11,15H,1H3. The van der Waals surface area contributed by atoms with Gasteiger partial charge in [-0.15, -0.1) is 4.91 Å². The highest BCUT2D eigenvalue weighted by Gasteiger charge is 2.19. The van der Waals surface area contributed by atoms with Crippen LogP contribution >= 0.6 is 0 Å². The maximum atomic E-state index is 11.4. The molecule has 0 saturated heterocycles. The molecule has 0 spiro atoms. The molecule has 2 rings (SSSR count). The summed E-state index contributed by atoms with van der Waals surface area (Å²) < 4.78 is 1.15. The quantitative estimate of drug-likeness (QED) is 0.600. The van der Waals surface area contributed by atoms with Gasteiger partial charge in [0, 0.05) is 12.3 Å². The first-order valence-corrected chi connectivity index (χ1v) is 4.58. The molecule has 16 heavy (non-hydrogen) atoms. The SMILES string of the molecule is CC(=O)n1c(N=O)c(NO)c2ccccc21. The monoisotopic (exact) mass is 219 g/mol. The van der Waals surface area contributed by atoms with Gasteiger partial charge < -0.3 is 0 Å². The van der Waals surface area contributed by atoms with Crippen molar-refractivity contribution in [3.8, 4) is 0 Å². The van der Waals surface area contributed by atoms with Crippen LogP contribution in [0.15, 0.2) is 29.4 Å². The van der Waals surface area contributed by atoms with E-state index in [9.17, 15) is 9.70 Å². The average molecular weight is 219 g/mol. The highest BCUT2D eigenvalue weighted by molar-refractivity contribution is 6.05. The van der Waals surface area contributed by atoms with Crippen LogP contribution in [0.25, 0.3) is 10.9 Å². The van der Waals surface area contributed by atoms with E-state index in [-0.39, 0.29) is 17.4 Å². The lowest BCUT2D eigenvalue weighted by atomic mass is 10.2. The van der Waals surface area contributed by atoms with Crippen LogP contribution < -0.4 is 5.48 Å². The highest BCUT2D eigenvalue weighted by atomic mass is 16.5. The molecule has 0 fully saturated rings. The molecule has 0 aliphatic carbocycles. The van der Waals surface area contributed by atoms with Crippen LogP contribution in [0, 0.1) is 4.91 Å². The number of nitroso groups, excluding NO2 is 1. The van der Waals surface area contributed by atoms with Gasteiger partial charge in [-0.05, 0) is 11.2 Å². The van der Waals surface area contributed by atoms with E-state index in [1.165, 1.54) is 6.92 Å². The predicted molar refractivity (Wildman–Crippen MR) is 59.1 cm³/mol. The number of anilines is 1. The number of nitrogens with zero attached hydrogens (tertiary/aromatic N) is 2. The molecule has 0 bridgehead atoms. The van der Waals surface area contributed by atoms with Crippen molar-refractivity contribution in [3.63, 3.8) is 0 Å². The van der Waals surface area contributed by atoms with E-state index >= 15 is 0 Å². The van der Waals surface area contributed by atoms with Crippen LogP contribution in [-0.2, 0) is 0 Å². The van der Waals surface area contributed by atoms with Crippen molar-refractivity contribution in [1.29, 1.82) is 0 Å². The molecule has 0 amide bonds. The predicted octanol–water partition coefficient (Wildman–Crippen LogP) is 2.50. The molecule has 82 valence electrons. The third-order valence-electron chi connectivity index (χ3n) is 2.36. The summed E-state index contributed by atoms with van der Waals surface area (Å²) in [4.78, 5) is 22.1. The van der Waals surface area contributed by atoms with Crippen LogP contribution in [-0.4, -0.2) is 15.7 Å². The Balaban J connectivity index is 2.95. The van der Waals surface area contributed by atoms with Gasteiger partial charge >= 0.3 is 0 Å². The molecule has 6 nitrogen and oxygen atoms in total. The van der Waals surface area contributed by atoms with Gasteiger partial charge in [0.25, 0.3) is 0 Å². The summed E-state index contributed by atoms with van der Waals surface area (Å²) in [5.41, 5.74) is 2.57. The molecule has 2 aromatic rings. The molecule has 0 aliphatic rings. The number of carbonyl (C=O) groups is 1. The van der Waals surface area contributed by atoms with Crippen LogP contribution in [0.4, 0.5) is 11.5 Å². The Bertz CT molecular complexity index is 574. The zero-order chi connectivity index (χ0) is 11.7. The fourth-order valence-electron chi connectivity index (χ4n) is 1.74. The molecular formula is C10H9N3O3. The fourth-order valence-corrected chi connectivity index (χ4v) is 1.74. The van der Waals surface area contributed by atoms with Gasteiger partial charge in [-0.2, -0.15) is 0 Å². The lowest BCUT2D eigenvalue weighted by Crippen LogP contribution is -2.04. The maximum absolute atomic E-state index is 11.4. The van der Waals surface area contributed by atoms with Crippen LogP contribution in [0.5, 0.6) is 0 Å². The average Bonchev–Trinajstić information content (AvgIpc) is 2.62. The van der Waals surface area contributed by atoms with Gasteiger partial charge in [-0.3, -0.25) is 20.0 Å². The normalized spacial score (nSPS) is 10.4. The van der Waals surface area contributed by atoms with E-state index in [4.69, 9.17) is 5.21 Å². The zero-order valence-corrected chi connectivity index (χ0v) is 8.47. The van der Waals surface area contributed by atoms with Gasteiger partial charge in [-0.25, -0.2) is 0 Å². The molecule has 0 radical (unpaired) electrons. The minimum Gasteiger partial charge on any atom is -0.291 e. The Kier molecular flexibility index (Phi) is 2.41. The molecule has 2 N–H and O–H groups in total. The number of hydrogen-bond donors (Lipinski definition) is 2. The van der Waals surface area contributed by atoms with Crippen LogP contribution in [0.2, 0.25) is 0 Å². The third-order valence-corrected chi connectivity index (χ3v) is 2.36. The zero-order valence-electron chi connectivity index (χ0n) is 8.47. The minimum atomic E-state index is -0.340. The van der Waals surface area contributed by atoms with Gasteiger partial charge in [0.1, 0.15) is 5.69 Å². The number of nitrogens with one attached hydrogen (secondary N) is 1. The van der Waals surface area contributed by atoms with Crippen molar-refractivity contribution < 1.29 is 10.0 Å². The molecular weight excluding hydrogens is 210 g/mol. The van der Waals surface area contributed by atoms with Crippen LogP contribution in [0.1, 0.15) is 11.7 Å². The van der Waals surface area contributed by atoms with Crippen molar-refractivity contribution >= 4 is 28.3 Å². The minimum absolute atomic E-state index is 0.129. The summed E-state index contributed by atoms with van der Waals surface area (Å²) in [6.45, 7) is 1.32. The topological polar surface area (TPSA) is 83.7 Å². The number of aromatic nitrogens is 1. The van der Waals surface area contributed by atoms with Crippen molar-refractivity contribution in [2.45, 2.75) is 6.92 Å². The van der Waals surface area contributed by atoms with Gasteiger partial charge in [0.2, 0.25) is 11.7 Å². The lowest BCUT2D eigenvalue weighted by molar-refractivity contribution is 0.0943. The van der Waals surface area contributed by atoms with Crippen molar-refractivity contribution in [1.82, 2.24) is 4.57 Å². The van der Waals surface area contributed by atoms with E-state index in [2.05, 4.69) is 5.18 Å². The number of para-hydroxylation sites is 1. The Morgan fingerprint density at radius 3 is 2.69 bits per heavy atom. The molecule has 1 aromatic heterocycles. The maximum Gasteiger partial charge on any atom is 0.229 e. The van der Waals surface area contributed by atoms with E-state index in [0.29, 0.717) is 10.9 Å². The molecule has 6 heteroatoms. The summed E-state index contributed by atoms with van der Waals surface area (Å²) in [6, 6.07) is 6.83. The Hall–Kier alpha value is -2.21. The first-order valence-electron chi connectivity index (χ1n) is 4.58. The number of benzene rings is 1. The van der Waals surface area contributed by atoms with Crippen molar-refractivity contribution in [2.24, 2.45) is 5.18 Å². The molecule has 1 heterocycles. The first kappa shape index (κ1) is 10.3. The number of rotatable bonds is 2. The summed E-state index contributed by atoms with van der Waals surface area (Å²) in [6.07, 6.45) is 0. The van der Waals surface area contributed by atoms with E-state index < -0.39 is 0 Å². The van der Waals surface area contributed by atoms with Gasteiger partial charge in [-0.1, -0.05) is 18.2 Å². The second kappa shape index (κ2) is 3.74. The van der Waals surface area contributed by atoms with Crippen molar-refractivity contribution in [2.75, 3.05) is 5.48 Å². The van der Waals surface area contributed by atoms with Crippen molar-refractivity contribution in [3.05, 3.63) is 29.2 Å². The summed E-state index contributed by atoms with van der Waals surface area (Å²) in [5, 5.41) is 12.3. The smallest absolute Gasteiger partial charge is 0.229 e. The largest absolute Gasteiger partial charge is 0.291 e. The lowest BCUT2D eigenvalue weighted by Gasteiger charge is -1.99. The highest BCUT2D eigenvalue weighted by Crippen LogP contribution is 2.36. The second-order valence-corrected chi connectivity index (χ2v) is 3.27. The summed E-state index contributed by atoms with van der Waals surface area (Å²) in [7, 11) is 0. The number of hydrogen-bond acceptors (Lipinski definition) is 5.